The van der Waals surface area contributed by atoms with E-state index in [-0.39, 0.29) is 18.3 Å². The average molecular weight is 508 g/mol. The third-order valence-electron chi connectivity index (χ3n) is 6.76. The van der Waals surface area contributed by atoms with Crippen molar-refractivity contribution < 1.29 is 19.0 Å². The predicted molar refractivity (Wildman–Crippen MR) is 147 cm³/mol. The molecule has 6 heteroatoms. The molecule has 36 heavy (non-hydrogen) atoms. The maximum Gasteiger partial charge on any atom is 0.303 e. The van der Waals surface area contributed by atoms with Crippen LogP contribution in [0, 0.1) is 19.7 Å². The minimum atomic E-state index is -0.792. The van der Waals surface area contributed by atoms with Crippen LogP contribution in [0.4, 0.5) is 10.1 Å². The van der Waals surface area contributed by atoms with Crippen molar-refractivity contribution in [3.63, 3.8) is 0 Å². The van der Waals surface area contributed by atoms with E-state index < -0.39 is 5.97 Å². The van der Waals surface area contributed by atoms with Crippen molar-refractivity contribution in [1.29, 1.82) is 0 Å². The lowest BCUT2D eigenvalue weighted by Crippen LogP contribution is -2.19. The highest BCUT2D eigenvalue weighted by atomic mass is 32.2. The Bertz CT molecular complexity index is 1220. The highest BCUT2D eigenvalue weighted by Gasteiger charge is 2.23. The normalized spacial score (nSPS) is 14.7. The van der Waals surface area contributed by atoms with E-state index in [0.29, 0.717) is 18.6 Å². The molecule has 0 fully saturated rings. The van der Waals surface area contributed by atoms with Gasteiger partial charge in [-0.05, 0) is 115 Å². The van der Waals surface area contributed by atoms with Crippen LogP contribution in [0.1, 0.15) is 53.1 Å². The number of benzene rings is 3. The fourth-order valence-electron chi connectivity index (χ4n) is 5.02. The smallest absolute Gasteiger partial charge is 0.303 e. The van der Waals surface area contributed by atoms with Gasteiger partial charge in [0.15, 0.2) is 0 Å². The van der Waals surface area contributed by atoms with E-state index in [2.05, 4.69) is 43.6 Å². The Hall–Kier alpha value is -2.99. The van der Waals surface area contributed by atoms with Crippen molar-refractivity contribution in [2.24, 2.45) is 0 Å². The Morgan fingerprint density at radius 1 is 1.14 bits per heavy atom. The van der Waals surface area contributed by atoms with E-state index in [4.69, 9.17) is 9.84 Å². The van der Waals surface area contributed by atoms with Gasteiger partial charge in [-0.1, -0.05) is 18.2 Å². The number of rotatable bonds is 10. The van der Waals surface area contributed by atoms with Crippen molar-refractivity contribution >= 4 is 23.4 Å². The summed E-state index contributed by atoms with van der Waals surface area (Å²) in [5.41, 5.74) is 8.19. The molecule has 0 aromatic heterocycles. The largest absolute Gasteiger partial charge is 0.494 e. The molecule has 190 valence electrons. The summed E-state index contributed by atoms with van der Waals surface area (Å²) in [6, 6.07) is 15.5. The number of hydrogen-bond acceptors (Lipinski definition) is 4. The minimum Gasteiger partial charge on any atom is -0.494 e. The second-order valence-electron chi connectivity index (χ2n) is 9.48. The molecular weight excluding hydrogens is 473 g/mol. The molecule has 3 aromatic rings. The second kappa shape index (κ2) is 11.8. The van der Waals surface area contributed by atoms with E-state index in [1.807, 2.05) is 36.0 Å². The van der Waals surface area contributed by atoms with Crippen LogP contribution in [0.3, 0.4) is 0 Å². The van der Waals surface area contributed by atoms with Gasteiger partial charge in [0.25, 0.3) is 0 Å². The van der Waals surface area contributed by atoms with Gasteiger partial charge in [-0.25, -0.2) is 4.39 Å². The van der Waals surface area contributed by atoms with Gasteiger partial charge in [0.1, 0.15) is 11.6 Å². The first-order valence-corrected chi connectivity index (χ1v) is 13.9. The first kappa shape index (κ1) is 26.1. The summed E-state index contributed by atoms with van der Waals surface area (Å²) in [4.78, 5) is 10.9. The van der Waals surface area contributed by atoms with E-state index in [1.54, 1.807) is 6.07 Å². The van der Waals surface area contributed by atoms with Gasteiger partial charge in [0.05, 0.1) is 12.6 Å². The molecule has 0 saturated carbocycles. The molecule has 1 aliphatic rings. The zero-order valence-corrected chi connectivity index (χ0v) is 22.0. The maximum atomic E-state index is 15.0. The number of thioether (sulfide) groups is 1. The van der Waals surface area contributed by atoms with Crippen molar-refractivity contribution in [3.05, 3.63) is 82.2 Å². The molecule has 2 N–H and O–H groups in total. The molecule has 1 atom stereocenters. The number of ether oxygens (including phenoxy) is 1. The zero-order chi connectivity index (χ0) is 25.7. The summed E-state index contributed by atoms with van der Waals surface area (Å²) in [7, 11) is 0. The van der Waals surface area contributed by atoms with Gasteiger partial charge in [-0.15, -0.1) is 0 Å². The maximum absolute atomic E-state index is 15.0. The number of aryl methyl sites for hydroxylation is 4. The minimum absolute atomic E-state index is 0.122. The molecule has 0 spiro atoms. The van der Waals surface area contributed by atoms with E-state index in [1.165, 1.54) is 0 Å². The number of carbonyl (C=O) groups is 1. The van der Waals surface area contributed by atoms with Gasteiger partial charge >= 0.3 is 5.97 Å². The standard InChI is InChI=1S/C30H34FNO3S/c1-19-15-24(35-13-4-14-36-3)16-20(2)30(19)23-7-9-26(31)25(18-23)28-11-8-22-17-21(6-12-29(33)34)5-10-27(22)32-28/h5,7,9-10,15-18,28,32H,4,6,8,11-14H2,1-3H3,(H,33,34). The SMILES string of the molecule is CSCCCOc1cc(C)c(-c2ccc(F)c(C3CCc4cc(CCC(=O)O)ccc4N3)c2)c(C)c1. The van der Waals surface area contributed by atoms with Crippen LogP contribution in [-0.4, -0.2) is 29.7 Å². The lowest BCUT2D eigenvalue weighted by molar-refractivity contribution is -0.136. The highest BCUT2D eigenvalue weighted by molar-refractivity contribution is 7.98. The second-order valence-corrected chi connectivity index (χ2v) is 10.5. The first-order chi connectivity index (χ1) is 17.4. The molecule has 3 aromatic carbocycles. The Labute approximate surface area is 217 Å². The van der Waals surface area contributed by atoms with E-state index in [9.17, 15) is 4.79 Å². The van der Waals surface area contributed by atoms with Crippen LogP contribution >= 0.6 is 11.8 Å². The number of nitrogens with one attached hydrogen (secondary N) is 1. The molecule has 0 amide bonds. The first-order valence-electron chi connectivity index (χ1n) is 12.5. The Balaban J connectivity index is 1.54. The number of anilines is 1. The van der Waals surface area contributed by atoms with Crippen molar-refractivity contribution in [2.75, 3.05) is 23.9 Å². The van der Waals surface area contributed by atoms with Crippen LogP contribution in [0.15, 0.2) is 48.5 Å². The van der Waals surface area contributed by atoms with E-state index >= 15 is 4.39 Å². The third kappa shape index (κ3) is 6.22. The molecule has 0 bridgehead atoms. The van der Waals surface area contributed by atoms with Crippen LogP contribution < -0.4 is 10.1 Å². The molecule has 1 aliphatic heterocycles. The fraction of sp³-hybridized carbons (Fsp3) is 0.367. The Morgan fingerprint density at radius 2 is 1.92 bits per heavy atom. The predicted octanol–water partition coefficient (Wildman–Crippen LogP) is 7.36. The summed E-state index contributed by atoms with van der Waals surface area (Å²) in [6.07, 6.45) is 5.35. The Morgan fingerprint density at radius 3 is 2.64 bits per heavy atom. The number of carboxylic acids is 1. The number of fused-ring (bicyclic) bond motifs is 1. The summed E-state index contributed by atoms with van der Waals surface area (Å²) in [5, 5.41) is 12.5. The van der Waals surface area contributed by atoms with Crippen molar-refractivity contribution in [1.82, 2.24) is 0 Å². The van der Waals surface area contributed by atoms with E-state index in [0.717, 1.165) is 69.8 Å². The number of halogens is 1. The van der Waals surface area contributed by atoms with Gasteiger partial charge in [-0.2, -0.15) is 11.8 Å². The molecule has 4 nitrogen and oxygen atoms in total. The molecule has 1 heterocycles. The lowest BCUT2D eigenvalue weighted by Gasteiger charge is -2.28. The number of aliphatic carboxylic acids is 1. The quantitative estimate of drug-likeness (QED) is 0.281. The topological polar surface area (TPSA) is 58.6 Å². The monoisotopic (exact) mass is 507 g/mol. The summed E-state index contributed by atoms with van der Waals surface area (Å²) < 4.78 is 21.0. The summed E-state index contributed by atoms with van der Waals surface area (Å²) in [5.74, 6) is 0.965. The number of hydrogen-bond donors (Lipinski definition) is 2. The lowest BCUT2D eigenvalue weighted by atomic mass is 9.89. The summed E-state index contributed by atoms with van der Waals surface area (Å²) in [6.45, 7) is 4.87. The van der Waals surface area contributed by atoms with Gasteiger partial charge in [0, 0.05) is 17.7 Å². The van der Waals surface area contributed by atoms with Crippen LogP contribution in [0.2, 0.25) is 0 Å². The van der Waals surface area contributed by atoms with Crippen molar-refractivity contribution in [2.45, 2.75) is 52.0 Å². The van der Waals surface area contributed by atoms with Crippen LogP contribution in [-0.2, 0) is 17.6 Å². The van der Waals surface area contributed by atoms with Gasteiger partial charge in [0.2, 0.25) is 0 Å². The van der Waals surface area contributed by atoms with Crippen molar-refractivity contribution in [3.8, 4) is 16.9 Å². The molecule has 1 unspecified atom stereocenters. The van der Waals surface area contributed by atoms with Gasteiger partial charge in [-0.3, -0.25) is 4.79 Å². The molecule has 0 saturated heterocycles. The molecular formula is C30H34FNO3S. The average Bonchev–Trinajstić information content (AvgIpc) is 2.85. The fourth-order valence-corrected chi connectivity index (χ4v) is 5.42. The van der Waals surface area contributed by atoms with Crippen LogP contribution in [0.5, 0.6) is 5.75 Å². The van der Waals surface area contributed by atoms with Gasteiger partial charge < -0.3 is 15.2 Å². The van der Waals surface area contributed by atoms with Crippen LogP contribution in [0.25, 0.3) is 11.1 Å². The summed E-state index contributed by atoms with van der Waals surface area (Å²) >= 11 is 1.82. The molecule has 0 aliphatic carbocycles. The highest BCUT2D eigenvalue weighted by Crippen LogP contribution is 2.38. The molecule has 0 radical (unpaired) electrons. The number of carboxylic acid groups (broad SMARTS) is 1. The molecule has 4 rings (SSSR count). The Kier molecular flexibility index (Phi) is 8.57. The third-order valence-corrected chi connectivity index (χ3v) is 7.45. The zero-order valence-electron chi connectivity index (χ0n) is 21.2.